The van der Waals surface area contributed by atoms with Crippen molar-refractivity contribution in [3.05, 3.63) is 70.7 Å². The van der Waals surface area contributed by atoms with Crippen molar-refractivity contribution in [1.82, 2.24) is 34.9 Å². The number of morpholine rings is 1. The summed E-state index contributed by atoms with van der Waals surface area (Å²) in [4.78, 5) is 23.4. The molecule has 3 aromatic heterocycles. The molecule has 1 N–H and O–H groups in total. The van der Waals surface area contributed by atoms with E-state index in [9.17, 15) is 9.18 Å². The molecule has 37 heavy (non-hydrogen) atoms. The second kappa shape index (κ2) is 12.4. The maximum atomic E-state index is 14.8. The summed E-state index contributed by atoms with van der Waals surface area (Å²) in [6.45, 7) is 4.96. The number of carbonyl (C=O) groups excluding carboxylic acids is 1. The maximum absolute atomic E-state index is 14.8. The monoisotopic (exact) mass is 539 g/mol. The fourth-order valence-electron chi connectivity index (χ4n) is 3.93. The predicted octanol–water partition coefficient (Wildman–Crippen LogP) is 3.67. The highest BCUT2D eigenvalue weighted by molar-refractivity contribution is 7.98. The Hall–Kier alpha value is -3.19. The van der Waals surface area contributed by atoms with Gasteiger partial charge in [-0.25, -0.2) is 9.37 Å². The first-order chi connectivity index (χ1) is 18.2. The van der Waals surface area contributed by atoms with Crippen molar-refractivity contribution >= 4 is 29.0 Å². The van der Waals surface area contributed by atoms with Crippen LogP contribution < -0.4 is 5.32 Å². The third-order valence-corrected chi connectivity index (χ3v) is 7.79. The normalized spacial score (nSPS) is 14.1. The van der Waals surface area contributed by atoms with Crippen LogP contribution in [0.2, 0.25) is 0 Å². The SMILES string of the molecule is O=C(NCCCN1CCOCC1)c1csc(CSc2nnc(-c3ccncc3)n2-c2ccccc2F)n1. The van der Waals surface area contributed by atoms with E-state index >= 15 is 0 Å². The first kappa shape index (κ1) is 25.5. The molecule has 1 aliphatic rings. The van der Waals surface area contributed by atoms with Gasteiger partial charge in [0.25, 0.3) is 5.91 Å². The van der Waals surface area contributed by atoms with Crippen LogP contribution in [0.25, 0.3) is 17.1 Å². The van der Waals surface area contributed by atoms with Gasteiger partial charge in [-0.05, 0) is 37.2 Å². The molecule has 0 saturated carbocycles. The van der Waals surface area contributed by atoms with Gasteiger partial charge in [0.15, 0.2) is 11.0 Å². The van der Waals surface area contributed by atoms with Crippen LogP contribution in [-0.2, 0) is 10.5 Å². The number of hydrogen-bond acceptors (Lipinski definition) is 9. The van der Waals surface area contributed by atoms with Crippen LogP contribution in [0, 0.1) is 5.82 Å². The minimum absolute atomic E-state index is 0.177. The number of ether oxygens (including phenoxy) is 1. The summed E-state index contributed by atoms with van der Waals surface area (Å²) in [6.07, 6.45) is 4.20. The highest BCUT2D eigenvalue weighted by atomic mass is 32.2. The van der Waals surface area contributed by atoms with Crippen LogP contribution >= 0.6 is 23.1 Å². The van der Waals surface area contributed by atoms with E-state index in [1.54, 1.807) is 40.5 Å². The summed E-state index contributed by atoms with van der Waals surface area (Å²) >= 11 is 2.80. The van der Waals surface area contributed by atoms with Crippen LogP contribution in [0.4, 0.5) is 4.39 Å². The fraction of sp³-hybridized carbons (Fsp3) is 0.320. The topological polar surface area (TPSA) is 98.1 Å². The van der Waals surface area contributed by atoms with Gasteiger partial charge in [-0.15, -0.1) is 21.5 Å². The molecule has 0 atom stereocenters. The number of pyridine rings is 1. The number of para-hydroxylation sites is 1. The Morgan fingerprint density at radius 3 is 2.76 bits per heavy atom. The first-order valence-corrected chi connectivity index (χ1v) is 13.8. The van der Waals surface area contributed by atoms with Gasteiger partial charge in [-0.2, -0.15) is 0 Å². The highest BCUT2D eigenvalue weighted by Crippen LogP contribution is 2.31. The fourth-order valence-corrected chi connectivity index (χ4v) is 5.67. The average molecular weight is 540 g/mol. The van der Waals surface area contributed by atoms with Crippen LogP contribution in [-0.4, -0.2) is 74.9 Å². The van der Waals surface area contributed by atoms with Crippen LogP contribution in [0.5, 0.6) is 0 Å². The molecule has 0 spiro atoms. The predicted molar refractivity (Wildman–Crippen MR) is 140 cm³/mol. The molecule has 1 saturated heterocycles. The molecule has 192 valence electrons. The first-order valence-electron chi connectivity index (χ1n) is 12.0. The quantitative estimate of drug-likeness (QED) is 0.241. The van der Waals surface area contributed by atoms with Crippen molar-refractivity contribution in [2.45, 2.75) is 17.3 Å². The zero-order valence-corrected chi connectivity index (χ0v) is 21.7. The van der Waals surface area contributed by atoms with E-state index in [2.05, 4.69) is 30.4 Å². The Labute approximate surface area is 222 Å². The molecule has 0 bridgehead atoms. The summed E-state index contributed by atoms with van der Waals surface area (Å²) < 4.78 is 21.8. The summed E-state index contributed by atoms with van der Waals surface area (Å²) in [6, 6.07) is 10.1. The van der Waals surface area contributed by atoms with Crippen molar-refractivity contribution in [3.8, 4) is 17.1 Å². The standard InChI is InChI=1S/C25H26FN7O2S2/c26-19-4-1-2-5-21(19)33-23(18-6-9-27-10-7-18)30-31-25(33)37-17-22-29-20(16-36-22)24(34)28-8-3-11-32-12-14-35-15-13-32/h1-2,4-7,9-10,16H,3,8,11-15,17H2,(H,28,34). The van der Waals surface area contributed by atoms with E-state index in [0.29, 0.717) is 34.7 Å². The Kier molecular flexibility index (Phi) is 8.51. The van der Waals surface area contributed by atoms with Crippen LogP contribution in [0.1, 0.15) is 21.9 Å². The third-order valence-electron chi connectivity index (χ3n) is 5.81. The van der Waals surface area contributed by atoms with E-state index in [0.717, 1.165) is 49.8 Å². The lowest BCUT2D eigenvalue weighted by Crippen LogP contribution is -2.38. The molecule has 0 radical (unpaired) electrons. The van der Waals surface area contributed by atoms with Gasteiger partial charge in [-0.3, -0.25) is 19.2 Å². The largest absolute Gasteiger partial charge is 0.379 e. The number of nitrogens with zero attached hydrogens (tertiary/aromatic N) is 6. The van der Waals surface area contributed by atoms with Crippen molar-refractivity contribution in [3.63, 3.8) is 0 Å². The molecular weight excluding hydrogens is 513 g/mol. The molecule has 4 heterocycles. The molecular formula is C25H26FN7O2S2. The van der Waals surface area contributed by atoms with Crippen molar-refractivity contribution in [2.24, 2.45) is 0 Å². The van der Waals surface area contributed by atoms with Gasteiger partial charge < -0.3 is 10.1 Å². The summed E-state index contributed by atoms with van der Waals surface area (Å²) in [5, 5.41) is 14.7. The molecule has 9 nitrogen and oxygen atoms in total. The Morgan fingerprint density at radius 2 is 1.95 bits per heavy atom. The molecule has 1 fully saturated rings. The molecule has 1 aliphatic heterocycles. The molecule has 12 heteroatoms. The van der Waals surface area contributed by atoms with Gasteiger partial charge in [0.05, 0.1) is 24.7 Å². The van der Waals surface area contributed by atoms with E-state index < -0.39 is 0 Å². The molecule has 0 aliphatic carbocycles. The van der Waals surface area contributed by atoms with Crippen LogP contribution in [0.3, 0.4) is 0 Å². The number of thiazole rings is 1. The van der Waals surface area contributed by atoms with Crippen molar-refractivity contribution in [2.75, 3.05) is 39.4 Å². The van der Waals surface area contributed by atoms with Gasteiger partial charge >= 0.3 is 0 Å². The Morgan fingerprint density at radius 1 is 1.14 bits per heavy atom. The summed E-state index contributed by atoms with van der Waals surface area (Å²) in [5.74, 6) is 0.439. The van der Waals surface area contributed by atoms with Gasteiger partial charge in [-0.1, -0.05) is 23.9 Å². The van der Waals surface area contributed by atoms with Gasteiger partial charge in [0.2, 0.25) is 0 Å². The molecule has 4 aromatic rings. The molecule has 0 unspecified atom stereocenters. The average Bonchev–Trinajstić information content (AvgIpc) is 3.59. The van der Waals surface area contributed by atoms with Crippen molar-refractivity contribution in [1.29, 1.82) is 0 Å². The number of nitrogens with one attached hydrogen (secondary N) is 1. The van der Waals surface area contributed by atoms with Crippen LogP contribution in [0.15, 0.2) is 59.3 Å². The number of amides is 1. The maximum Gasteiger partial charge on any atom is 0.270 e. The second-order valence-electron chi connectivity index (χ2n) is 8.31. The summed E-state index contributed by atoms with van der Waals surface area (Å²) in [5.41, 5.74) is 1.54. The number of hydrogen-bond donors (Lipinski definition) is 1. The smallest absolute Gasteiger partial charge is 0.270 e. The lowest BCUT2D eigenvalue weighted by molar-refractivity contribution is 0.0374. The van der Waals surface area contributed by atoms with E-state index in [1.165, 1.54) is 29.2 Å². The Bertz CT molecular complexity index is 1330. The Balaban J connectivity index is 1.22. The lowest BCUT2D eigenvalue weighted by Gasteiger charge is -2.26. The number of halogens is 1. The zero-order valence-electron chi connectivity index (χ0n) is 20.0. The van der Waals surface area contributed by atoms with E-state index in [-0.39, 0.29) is 11.7 Å². The zero-order chi connectivity index (χ0) is 25.5. The van der Waals surface area contributed by atoms with E-state index in [1.807, 2.05) is 12.1 Å². The minimum Gasteiger partial charge on any atom is -0.379 e. The second-order valence-corrected chi connectivity index (χ2v) is 10.2. The van der Waals surface area contributed by atoms with E-state index in [4.69, 9.17) is 4.74 Å². The summed E-state index contributed by atoms with van der Waals surface area (Å²) in [7, 11) is 0. The van der Waals surface area contributed by atoms with Gasteiger partial charge in [0.1, 0.15) is 16.5 Å². The molecule has 1 amide bonds. The van der Waals surface area contributed by atoms with Gasteiger partial charge in [0, 0.05) is 43.0 Å². The number of carbonyl (C=O) groups is 1. The molecule has 1 aromatic carbocycles. The number of thioether (sulfide) groups is 1. The third kappa shape index (κ3) is 6.39. The number of rotatable bonds is 10. The lowest BCUT2D eigenvalue weighted by atomic mass is 10.2. The highest BCUT2D eigenvalue weighted by Gasteiger charge is 2.19. The molecule has 5 rings (SSSR count). The van der Waals surface area contributed by atoms with Crippen molar-refractivity contribution < 1.29 is 13.9 Å². The number of benzene rings is 1. The minimum atomic E-state index is -0.374. The number of aromatic nitrogens is 5.